The monoisotopic (exact) mass is 534 g/mol. The zero-order valence-electron chi connectivity index (χ0n) is 23.2. The number of amides is 1. The lowest BCUT2D eigenvalue weighted by molar-refractivity contribution is -0.162. The molecule has 0 bridgehead atoms. The highest BCUT2D eigenvalue weighted by Gasteiger charge is 2.44. The first kappa shape index (κ1) is 28.8. The SMILES string of the molecule is CCOC(=O)[C@H](CCc1ccccc1)N[C@@H](C)C(=O)N1C[C@H]2CCCC[C@H]2C[C@H]1C(=O)OCc1ccccc1. The van der Waals surface area contributed by atoms with Gasteiger partial charge in [0.15, 0.2) is 0 Å². The maximum atomic E-state index is 13.9. The van der Waals surface area contributed by atoms with Crippen molar-refractivity contribution in [1.82, 2.24) is 10.2 Å². The van der Waals surface area contributed by atoms with Gasteiger partial charge in [0.25, 0.3) is 0 Å². The second-order valence-corrected chi connectivity index (χ2v) is 10.9. The molecule has 7 nitrogen and oxygen atoms in total. The van der Waals surface area contributed by atoms with Crippen molar-refractivity contribution in [3.8, 4) is 0 Å². The molecule has 0 spiro atoms. The number of piperidine rings is 1. The molecule has 1 aliphatic heterocycles. The van der Waals surface area contributed by atoms with E-state index in [0.717, 1.165) is 30.4 Å². The van der Waals surface area contributed by atoms with E-state index < -0.39 is 18.1 Å². The van der Waals surface area contributed by atoms with Crippen molar-refractivity contribution in [2.45, 2.75) is 83.5 Å². The molecule has 2 aromatic carbocycles. The molecular formula is C32H42N2O5. The summed E-state index contributed by atoms with van der Waals surface area (Å²) in [6, 6.07) is 17.7. The van der Waals surface area contributed by atoms with Crippen molar-refractivity contribution < 1.29 is 23.9 Å². The number of nitrogens with one attached hydrogen (secondary N) is 1. The van der Waals surface area contributed by atoms with E-state index in [2.05, 4.69) is 5.32 Å². The molecule has 210 valence electrons. The van der Waals surface area contributed by atoms with Crippen LogP contribution in [0, 0.1) is 11.8 Å². The number of ether oxygens (including phenoxy) is 2. The van der Waals surface area contributed by atoms with Crippen LogP contribution in [0.25, 0.3) is 0 Å². The fourth-order valence-corrected chi connectivity index (χ4v) is 6.01. The van der Waals surface area contributed by atoms with Gasteiger partial charge in [-0.2, -0.15) is 0 Å². The van der Waals surface area contributed by atoms with Crippen LogP contribution in [-0.4, -0.2) is 54.0 Å². The first-order valence-corrected chi connectivity index (χ1v) is 14.4. The number of aryl methyl sites for hydroxylation is 1. The highest BCUT2D eigenvalue weighted by atomic mass is 16.5. The normalized spacial score (nSPS) is 22.3. The largest absolute Gasteiger partial charge is 0.465 e. The Balaban J connectivity index is 1.45. The molecule has 1 aliphatic carbocycles. The van der Waals surface area contributed by atoms with Gasteiger partial charge in [0.05, 0.1) is 12.6 Å². The average molecular weight is 535 g/mol. The first-order valence-electron chi connectivity index (χ1n) is 14.4. The number of rotatable bonds is 11. The van der Waals surface area contributed by atoms with Crippen molar-refractivity contribution >= 4 is 17.8 Å². The third-order valence-electron chi connectivity index (χ3n) is 8.14. The van der Waals surface area contributed by atoms with Crippen LogP contribution in [0.1, 0.15) is 63.5 Å². The van der Waals surface area contributed by atoms with Crippen LogP contribution in [0.4, 0.5) is 0 Å². The van der Waals surface area contributed by atoms with E-state index in [1.54, 1.807) is 18.7 Å². The summed E-state index contributed by atoms with van der Waals surface area (Å²) in [5.41, 5.74) is 2.04. The Morgan fingerprint density at radius 1 is 0.923 bits per heavy atom. The Labute approximate surface area is 232 Å². The summed E-state index contributed by atoms with van der Waals surface area (Å²) in [6.07, 6.45) is 6.31. The van der Waals surface area contributed by atoms with Crippen LogP contribution in [0.5, 0.6) is 0 Å². The minimum atomic E-state index is -0.653. The molecule has 39 heavy (non-hydrogen) atoms. The first-order chi connectivity index (χ1) is 19.0. The van der Waals surface area contributed by atoms with Gasteiger partial charge in [0.2, 0.25) is 5.91 Å². The van der Waals surface area contributed by atoms with E-state index in [0.29, 0.717) is 37.6 Å². The summed E-state index contributed by atoms with van der Waals surface area (Å²) in [7, 11) is 0. The molecule has 5 atom stereocenters. The van der Waals surface area contributed by atoms with E-state index in [4.69, 9.17) is 9.47 Å². The molecule has 1 saturated heterocycles. The van der Waals surface area contributed by atoms with Crippen LogP contribution < -0.4 is 5.32 Å². The summed E-state index contributed by atoms with van der Waals surface area (Å²) < 4.78 is 11.0. The maximum absolute atomic E-state index is 13.9. The molecule has 0 unspecified atom stereocenters. The number of likely N-dealkylation sites (tertiary alicyclic amines) is 1. The quantitative estimate of drug-likeness (QED) is 0.422. The van der Waals surface area contributed by atoms with Gasteiger partial charge in [-0.25, -0.2) is 4.79 Å². The third kappa shape index (κ3) is 7.91. The van der Waals surface area contributed by atoms with Crippen LogP contribution in [0.2, 0.25) is 0 Å². The predicted octanol–water partition coefficient (Wildman–Crippen LogP) is 4.68. The van der Waals surface area contributed by atoms with E-state index in [1.807, 2.05) is 60.7 Å². The Bertz CT molecular complexity index is 1080. The van der Waals surface area contributed by atoms with Crippen LogP contribution in [-0.2, 0) is 36.9 Å². The van der Waals surface area contributed by atoms with Crippen molar-refractivity contribution in [3.63, 3.8) is 0 Å². The van der Waals surface area contributed by atoms with Crippen LogP contribution in [0.3, 0.4) is 0 Å². The van der Waals surface area contributed by atoms with Crippen molar-refractivity contribution in [2.24, 2.45) is 11.8 Å². The van der Waals surface area contributed by atoms with E-state index in [1.165, 1.54) is 6.42 Å². The highest BCUT2D eigenvalue weighted by Crippen LogP contribution is 2.39. The molecule has 1 N–H and O–H groups in total. The van der Waals surface area contributed by atoms with Gasteiger partial charge in [0, 0.05) is 6.54 Å². The van der Waals surface area contributed by atoms with Crippen molar-refractivity contribution in [1.29, 1.82) is 0 Å². The van der Waals surface area contributed by atoms with Crippen molar-refractivity contribution in [2.75, 3.05) is 13.2 Å². The summed E-state index contributed by atoms with van der Waals surface area (Å²) >= 11 is 0. The highest BCUT2D eigenvalue weighted by molar-refractivity contribution is 5.88. The van der Waals surface area contributed by atoms with Gasteiger partial charge in [-0.15, -0.1) is 0 Å². The molecule has 1 heterocycles. The molecule has 2 aromatic rings. The molecule has 1 amide bonds. The second-order valence-electron chi connectivity index (χ2n) is 10.9. The molecule has 0 aromatic heterocycles. The Morgan fingerprint density at radius 3 is 2.23 bits per heavy atom. The lowest BCUT2D eigenvalue weighted by Crippen LogP contribution is -2.59. The minimum Gasteiger partial charge on any atom is -0.465 e. The van der Waals surface area contributed by atoms with E-state index >= 15 is 0 Å². The van der Waals surface area contributed by atoms with Gasteiger partial charge in [-0.3, -0.25) is 14.9 Å². The fraction of sp³-hybridized carbons (Fsp3) is 0.531. The van der Waals surface area contributed by atoms with Crippen LogP contribution in [0.15, 0.2) is 60.7 Å². The minimum absolute atomic E-state index is 0.172. The lowest BCUT2D eigenvalue weighted by Gasteiger charge is -2.46. The Hall–Kier alpha value is -3.19. The number of esters is 2. The molecular weight excluding hydrogens is 492 g/mol. The lowest BCUT2D eigenvalue weighted by atomic mass is 9.72. The number of hydrogen-bond acceptors (Lipinski definition) is 6. The smallest absolute Gasteiger partial charge is 0.329 e. The summed E-state index contributed by atoms with van der Waals surface area (Å²) in [5.74, 6) is -0.0625. The zero-order chi connectivity index (χ0) is 27.6. The molecule has 2 fully saturated rings. The van der Waals surface area contributed by atoms with E-state index in [9.17, 15) is 14.4 Å². The summed E-state index contributed by atoms with van der Waals surface area (Å²) in [5, 5.41) is 3.24. The fourth-order valence-electron chi connectivity index (χ4n) is 6.01. The third-order valence-corrected chi connectivity index (χ3v) is 8.14. The second kappa shape index (κ2) is 14.3. The number of fused-ring (bicyclic) bond motifs is 1. The predicted molar refractivity (Wildman–Crippen MR) is 150 cm³/mol. The maximum Gasteiger partial charge on any atom is 0.329 e. The number of carbonyl (C=O) groups is 3. The number of benzene rings is 2. The molecule has 0 radical (unpaired) electrons. The van der Waals surface area contributed by atoms with Gasteiger partial charge >= 0.3 is 11.9 Å². The standard InChI is InChI=1S/C32H42N2O5/c1-3-38-31(36)28(19-18-24-12-6-4-7-13-24)33-23(2)30(35)34-21-27-17-11-10-16-26(27)20-29(34)32(37)39-22-25-14-8-5-9-15-25/h4-9,12-15,23,26-29,33H,3,10-11,16-22H2,1-2H3/t23-,26-,27+,28-,29-/m0/s1. The summed E-state index contributed by atoms with van der Waals surface area (Å²) in [4.78, 5) is 41.7. The van der Waals surface area contributed by atoms with Gasteiger partial charge in [0.1, 0.15) is 18.7 Å². The summed E-state index contributed by atoms with van der Waals surface area (Å²) in [6.45, 7) is 4.56. The van der Waals surface area contributed by atoms with E-state index in [-0.39, 0.29) is 31.1 Å². The molecule has 2 aliphatic rings. The van der Waals surface area contributed by atoms with Crippen molar-refractivity contribution in [3.05, 3.63) is 71.8 Å². The van der Waals surface area contributed by atoms with Gasteiger partial charge in [-0.1, -0.05) is 79.9 Å². The van der Waals surface area contributed by atoms with Gasteiger partial charge < -0.3 is 14.4 Å². The zero-order valence-corrected chi connectivity index (χ0v) is 23.2. The number of hydrogen-bond donors (Lipinski definition) is 1. The average Bonchev–Trinajstić information content (AvgIpc) is 2.98. The van der Waals surface area contributed by atoms with Gasteiger partial charge in [-0.05, 0) is 62.5 Å². The number of nitrogens with zero attached hydrogens (tertiary/aromatic N) is 1. The molecule has 4 rings (SSSR count). The Kier molecular flexibility index (Phi) is 10.5. The molecule has 7 heteroatoms. The topological polar surface area (TPSA) is 84.9 Å². The van der Waals surface area contributed by atoms with Crippen LogP contribution >= 0.6 is 0 Å². The number of carbonyl (C=O) groups excluding carboxylic acids is 3. The Morgan fingerprint density at radius 2 is 1.56 bits per heavy atom. The molecule has 1 saturated carbocycles.